The second-order valence-electron chi connectivity index (χ2n) is 5.11. The van der Waals surface area contributed by atoms with E-state index in [0.29, 0.717) is 6.10 Å². The first-order valence-electron chi connectivity index (χ1n) is 6.56. The topological polar surface area (TPSA) is 33.0 Å². The Labute approximate surface area is 102 Å². The lowest BCUT2D eigenvalue weighted by atomic mass is 10.0. The number of hydrogen-bond acceptors (Lipinski definition) is 2. The summed E-state index contributed by atoms with van der Waals surface area (Å²) in [4.78, 5) is 0. The number of ether oxygens (including phenoxy) is 1. The maximum atomic E-state index is 9.03. The average Bonchev–Trinajstić information content (AvgIpc) is 2.97. The molecule has 2 nitrogen and oxygen atoms in total. The van der Waals surface area contributed by atoms with E-state index in [9.17, 15) is 0 Å². The Bertz CT molecular complexity index is 454. The van der Waals surface area contributed by atoms with Crippen molar-refractivity contribution >= 4 is 0 Å². The van der Waals surface area contributed by atoms with E-state index in [4.69, 9.17) is 10.00 Å². The smallest absolute Gasteiger partial charge is 0.120 e. The lowest BCUT2D eigenvalue weighted by Crippen LogP contribution is -2.10. The van der Waals surface area contributed by atoms with Gasteiger partial charge in [0.25, 0.3) is 0 Å². The Kier molecular flexibility index (Phi) is 2.76. The van der Waals surface area contributed by atoms with Crippen molar-refractivity contribution in [1.29, 1.82) is 5.26 Å². The summed E-state index contributed by atoms with van der Waals surface area (Å²) in [5, 5.41) is 9.03. The van der Waals surface area contributed by atoms with Crippen LogP contribution in [0.2, 0.25) is 0 Å². The van der Waals surface area contributed by atoms with Crippen LogP contribution >= 0.6 is 0 Å². The molecule has 1 aromatic rings. The zero-order chi connectivity index (χ0) is 11.7. The average molecular weight is 227 g/mol. The van der Waals surface area contributed by atoms with E-state index in [0.717, 1.165) is 18.6 Å². The Morgan fingerprint density at radius 2 is 2.00 bits per heavy atom. The van der Waals surface area contributed by atoms with Crippen molar-refractivity contribution in [2.45, 2.75) is 50.5 Å². The largest absolute Gasteiger partial charge is 0.490 e. The van der Waals surface area contributed by atoms with Crippen LogP contribution in [0.25, 0.3) is 0 Å². The van der Waals surface area contributed by atoms with Crippen LogP contribution in [0.5, 0.6) is 5.75 Å². The fourth-order valence-corrected chi connectivity index (χ4v) is 3.00. The van der Waals surface area contributed by atoms with Gasteiger partial charge in [-0.2, -0.15) is 5.26 Å². The molecule has 0 heterocycles. The number of fused-ring (bicyclic) bond motifs is 1. The van der Waals surface area contributed by atoms with Crippen LogP contribution in [0.1, 0.15) is 49.1 Å². The number of nitrogens with zero attached hydrogens (tertiary/aromatic N) is 1. The molecule has 88 valence electrons. The Morgan fingerprint density at radius 1 is 1.18 bits per heavy atom. The van der Waals surface area contributed by atoms with Crippen LogP contribution in [0.4, 0.5) is 0 Å². The molecular formula is C15H17NO. The highest BCUT2D eigenvalue weighted by Crippen LogP contribution is 2.35. The monoisotopic (exact) mass is 227 g/mol. The van der Waals surface area contributed by atoms with Gasteiger partial charge >= 0.3 is 0 Å². The van der Waals surface area contributed by atoms with E-state index in [1.165, 1.54) is 36.8 Å². The zero-order valence-corrected chi connectivity index (χ0v) is 9.98. The van der Waals surface area contributed by atoms with Crippen LogP contribution in [-0.2, 0) is 6.42 Å². The van der Waals surface area contributed by atoms with Crippen molar-refractivity contribution in [1.82, 2.24) is 0 Å². The van der Waals surface area contributed by atoms with E-state index in [1.807, 2.05) is 6.07 Å². The van der Waals surface area contributed by atoms with E-state index < -0.39 is 0 Å². The molecular weight excluding hydrogens is 210 g/mol. The fourth-order valence-electron chi connectivity index (χ4n) is 3.00. The van der Waals surface area contributed by atoms with Crippen molar-refractivity contribution in [3.8, 4) is 11.8 Å². The summed E-state index contributed by atoms with van der Waals surface area (Å²) in [5.41, 5.74) is 2.53. The van der Waals surface area contributed by atoms with Gasteiger partial charge in [0.1, 0.15) is 5.75 Å². The van der Waals surface area contributed by atoms with Crippen molar-refractivity contribution in [2.24, 2.45) is 0 Å². The first kappa shape index (κ1) is 10.7. The third kappa shape index (κ3) is 2.02. The molecule has 0 bridgehead atoms. The van der Waals surface area contributed by atoms with Gasteiger partial charge in [-0.05, 0) is 61.8 Å². The Hall–Kier alpha value is -1.49. The van der Waals surface area contributed by atoms with Gasteiger partial charge in [-0.3, -0.25) is 0 Å². The molecule has 1 saturated carbocycles. The van der Waals surface area contributed by atoms with Crippen molar-refractivity contribution in [3.05, 3.63) is 29.3 Å². The van der Waals surface area contributed by atoms with Gasteiger partial charge in [0.05, 0.1) is 18.1 Å². The lowest BCUT2D eigenvalue weighted by Gasteiger charge is -2.14. The molecule has 0 spiro atoms. The summed E-state index contributed by atoms with van der Waals surface area (Å²) >= 11 is 0. The molecule has 1 aromatic carbocycles. The molecule has 0 radical (unpaired) electrons. The Balaban J connectivity index is 1.78. The summed E-state index contributed by atoms with van der Waals surface area (Å²) in [6.07, 6.45) is 7.39. The molecule has 0 aliphatic heterocycles. The van der Waals surface area contributed by atoms with Crippen LogP contribution in [-0.4, -0.2) is 6.10 Å². The second kappa shape index (κ2) is 4.41. The summed E-state index contributed by atoms with van der Waals surface area (Å²) < 4.78 is 5.99. The predicted molar refractivity (Wildman–Crippen MR) is 66.0 cm³/mol. The van der Waals surface area contributed by atoms with Crippen LogP contribution in [0, 0.1) is 11.3 Å². The molecule has 0 aromatic heterocycles. The maximum Gasteiger partial charge on any atom is 0.120 e. The van der Waals surface area contributed by atoms with Crippen molar-refractivity contribution in [3.63, 3.8) is 0 Å². The summed E-state index contributed by atoms with van der Waals surface area (Å²) in [5.74, 6) is 1.10. The van der Waals surface area contributed by atoms with Gasteiger partial charge < -0.3 is 4.74 Å². The molecule has 2 aliphatic carbocycles. The minimum Gasteiger partial charge on any atom is -0.490 e. The molecule has 0 N–H and O–H groups in total. The standard InChI is InChI=1S/C15H17NO/c16-10-12-6-5-11-9-14(7-8-15(11)12)17-13-3-1-2-4-13/h7-9,12-13H,1-6H2. The summed E-state index contributed by atoms with van der Waals surface area (Å²) in [7, 11) is 0. The molecule has 0 amide bonds. The van der Waals surface area contributed by atoms with E-state index in [1.54, 1.807) is 0 Å². The minimum absolute atomic E-state index is 0.102. The highest BCUT2D eigenvalue weighted by Gasteiger charge is 2.23. The Morgan fingerprint density at radius 3 is 2.76 bits per heavy atom. The second-order valence-corrected chi connectivity index (χ2v) is 5.11. The molecule has 0 saturated heterocycles. The van der Waals surface area contributed by atoms with Gasteiger partial charge in [0, 0.05) is 0 Å². The summed E-state index contributed by atoms with van der Waals surface area (Å²) in [6.45, 7) is 0. The molecule has 1 fully saturated rings. The third-order valence-electron chi connectivity index (χ3n) is 3.95. The highest BCUT2D eigenvalue weighted by molar-refractivity contribution is 5.43. The highest BCUT2D eigenvalue weighted by atomic mass is 16.5. The molecule has 17 heavy (non-hydrogen) atoms. The van der Waals surface area contributed by atoms with Gasteiger partial charge in [-0.1, -0.05) is 6.07 Å². The van der Waals surface area contributed by atoms with Gasteiger partial charge in [0.2, 0.25) is 0 Å². The van der Waals surface area contributed by atoms with Gasteiger partial charge in [-0.15, -0.1) is 0 Å². The number of aryl methyl sites for hydroxylation is 1. The molecule has 3 rings (SSSR count). The molecule has 1 unspecified atom stereocenters. The van der Waals surface area contributed by atoms with Crippen LogP contribution in [0.3, 0.4) is 0 Å². The van der Waals surface area contributed by atoms with E-state index in [-0.39, 0.29) is 5.92 Å². The van der Waals surface area contributed by atoms with Crippen molar-refractivity contribution < 1.29 is 4.74 Å². The third-order valence-corrected chi connectivity index (χ3v) is 3.95. The number of nitriles is 1. The quantitative estimate of drug-likeness (QED) is 0.774. The van der Waals surface area contributed by atoms with Gasteiger partial charge in [-0.25, -0.2) is 0 Å². The van der Waals surface area contributed by atoms with Crippen LogP contribution < -0.4 is 4.74 Å². The van der Waals surface area contributed by atoms with Crippen molar-refractivity contribution in [2.75, 3.05) is 0 Å². The number of rotatable bonds is 2. The van der Waals surface area contributed by atoms with Gasteiger partial charge in [0.15, 0.2) is 0 Å². The van der Waals surface area contributed by atoms with Crippen LogP contribution in [0.15, 0.2) is 18.2 Å². The zero-order valence-electron chi connectivity index (χ0n) is 9.98. The molecule has 2 heteroatoms. The first-order valence-corrected chi connectivity index (χ1v) is 6.56. The van der Waals surface area contributed by atoms with E-state index >= 15 is 0 Å². The fraction of sp³-hybridized carbons (Fsp3) is 0.533. The summed E-state index contributed by atoms with van der Waals surface area (Å²) in [6, 6.07) is 8.63. The maximum absolute atomic E-state index is 9.03. The minimum atomic E-state index is 0.102. The molecule has 1 atom stereocenters. The SMILES string of the molecule is N#CC1CCc2cc(OC3CCCC3)ccc21. The predicted octanol–water partition coefficient (Wildman–Crippen LogP) is 3.56. The number of benzene rings is 1. The van der Waals surface area contributed by atoms with E-state index in [2.05, 4.69) is 18.2 Å². The first-order chi connectivity index (χ1) is 8.36. The normalized spacial score (nSPS) is 23.4. The lowest BCUT2D eigenvalue weighted by molar-refractivity contribution is 0.210. The molecule has 2 aliphatic rings. The number of hydrogen-bond donors (Lipinski definition) is 0.